The molecule has 1 heterocycles. The zero-order valence-electron chi connectivity index (χ0n) is 13.9. The monoisotopic (exact) mass is 328 g/mol. The molecule has 126 valence electrons. The molecule has 0 aliphatic carbocycles. The van der Waals surface area contributed by atoms with Crippen molar-refractivity contribution in [1.82, 2.24) is 15.3 Å². The van der Waals surface area contributed by atoms with Crippen LogP contribution in [0.4, 0.5) is 11.5 Å². The molecule has 0 bridgehead atoms. The third kappa shape index (κ3) is 4.77. The summed E-state index contributed by atoms with van der Waals surface area (Å²) in [7, 11) is 1.34. The maximum absolute atomic E-state index is 11.9. The van der Waals surface area contributed by atoms with Crippen LogP contribution in [-0.2, 0) is 4.74 Å². The van der Waals surface area contributed by atoms with Gasteiger partial charge in [-0.05, 0) is 30.2 Å². The summed E-state index contributed by atoms with van der Waals surface area (Å²) in [5, 5.41) is 5.83. The van der Waals surface area contributed by atoms with E-state index in [1.54, 1.807) is 24.3 Å². The SMILES string of the molecule is COC(=O)c1ccc(Nc2cnc(C(=O)NCC(C)C)cn2)cc1. The molecule has 0 saturated carbocycles. The number of hydrogen-bond acceptors (Lipinski definition) is 6. The second-order valence-electron chi connectivity index (χ2n) is 5.58. The lowest BCUT2D eigenvalue weighted by molar-refractivity contribution is 0.0600. The van der Waals surface area contributed by atoms with Crippen molar-refractivity contribution < 1.29 is 14.3 Å². The summed E-state index contributed by atoms with van der Waals surface area (Å²) < 4.78 is 4.64. The largest absolute Gasteiger partial charge is 0.465 e. The molecule has 1 aromatic carbocycles. The molecule has 0 unspecified atom stereocenters. The van der Waals surface area contributed by atoms with E-state index in [2.05, 4.69) is 25.3 Å². The first kappa shape index (κ1) is 17.4. The fourth-order valence-corrected chi connectivity index (χ4v) is 1.85. The average molecular weight is 328 g/mol. The Labute approximate surface area is 140 Å². The van der Waals surface area contributed by atoms with Crippen molar-refractivity contribution in [2.45, 2.75) is 13.8 Å². The molecule has 2 rings (SSSR count). The van der Waals surface area contributed by atoms with E-state index in [4.69, 9.17) is 0 Å². The van der Waals surface area contributed by atoms with Crippen LogP contribution in [0.1, 0.15) is 34.7 Å². The van der Waals surface area contributed by atoms with Crippen LogP contribution in [0.5, 0.6) is 0 Å². The number of amides is 1. The smallest absolute Gasteiger partial charge is 0.337 e. The minimum atomic E-state index is -0.391. The maximum Gasteiger partial charge on any atom is 0.337 e. The Bertz CT molecular complexity index is 697. The van der Waals surface area contributed by atoms with E-state index < -0.39 is 5.97 Å². The van der Waals surface area contributed by atoms with Crippen molar-refractivity contribution in [2.24, 2.45) is 5.92 Å². The summed E-state index contributed by atoms with van der Waals surface area (Å²) in [6, 6.07) is 6.76. The summed E-state index contributed by atoms with van der Waals surface area (Å²) >= 11 is 0. The summed E-state index contributed by atoms with van der Waals surface area (Å²) in [4.78, 5) is 31.5. The molecule has 0 atom stereocenters. The topological polar surface area (TPSA) is 93.2 Å². The second kappa shape index (κ2) is 8.05. The zero-order valence-corrected chi connectivity index (χ0v) is 13.9. The van der Waals surface area contributed by atoms with E-state index in [9.17, 15) is 9.59 Å². The lowest BCUT2D eigenvalue weighted by Crippen LogP contribution is -2.28. The molecule has 1 aromatic heterocycles. The van der Waals surface area contributed by atoms with Crippen LogP contribution in [0, 0.1) is 5.92 Å². The van der Waals surface area contributed by atoms with Gasteiger partial charge in [-0.25, -0.2) is 14.8 Å². The number of esters is 1. The van der Waals surface area contributed by atoms with Gasteiger partial charge in [0.15, 0.2) is 0 Å². The van der Waals surface area contributed by atoms with Crippen LogP contribution in [0.25, 0.3) is 0 Å². The Morgan fingerprint density at radius 3 is 2.38 bits per heavy atom. The predicted octanol–water partition coefficient (Wildman–Crippen LogP) is 2.39. The summed E-state index contributed by atoms with van der Waals surface area (Å²) in [6.45, 7) is 4.63. The number of aromatic nitrogens is 2. The van der Waals surface area contributed by atoms with Gasteiger partial charge in [-0.2, -0.15) is 0 Å². The maximum atomic E-state index is 11.9. The highest BCUT2D eigenvalue weighted by Crippen LogP contribution is 2.15. The van der Waals surface area contributed by atoms with Crippen molar-refractivity contribution >= 4 is 23.4 Å². The van der Waals surface area contributed by atoms with Gasteiger partial charge in [-0.15, -0.1) is 0 Å². The molecule has 0 aliphatic heterocycles. The number of carbonyl (C=O) groups excluding carboxylic acids is 2. The minimum Gasteiger partial charge on any atom is -0.465 e. The number of ether oxygens (including phenoxy) is 1. The van der Waals surface area contributed by atoms with Gasteiger partial charge < -0.3 is 15.4 Å². The molecule has 7 nitrogen and oxygen atoms in total. The Kier molecular flexibility index (Phi) is 5.83. The van der Waals surface area contributed by atoms with Gasteiger partial charge in [-0.1, -0.05) is 13.8 Å². The Hall–Kier alpha value is -2.96. The molecule has 1 amide bonds. The third-order valence-electron chi connectivity index (χ3n) is 3.13. The molecule has 0 fully saturated rings. The van der Waals surface area contributed by atoms with E-state index in [1.807, 2.05) is 13.8 Å². The molecule has 0 aliphatic rings. The molecule has 24 heavy (non-hydrogen) atoms. The van der Waals surface area contributed by atoms with E-state index >= 15 is 0 Å². The summed E-state index contributed by atoms with van der Waals surface area (Å²) in [5.41, 5.74) is 1.47. The van der Waals surface area contributed by atoms with E-state index in [0.29, 0.717) is 23.8 Å². The predicted molar refractivity (Wildman–Crippen MR) is 90.3 cm³/mol. The standard InChI is InChI=1S/C17H20N4O3/c1-11(2)8-20-16(22)14-9-19-15(10-18-14)21-13-6-4-12(5-7-13)17(23)24-3/h4-7,9-11H,8H2,1-3H3,(H,19,21)(H,20,22). The average Bonchev–Trinajstić information content (AvgIpc) is 2.60. The van der Waals surface area contributed by atoms with Gasteiger partial charge in [0.2, 0.25) is 0 Å². The number of nitrogens with one attached hydrogen (secondary N) is 2. The molecule has 0 saturated heterocycles. The number of methoxy groups -OCH3 is 1. The van der Waals surface area contributed by atoms with Crippen molar-refractivity contribution in [3.63, 3.8) is 0 Å². The number of rotatable bonds is 6. The van der Waals surface area contributed by atoms with Crippen LogP contribution < -0.4 is 10.6 Å². The van der Waals surface area contributed by atoms with Crippen LogP contribution in [0.15, 0.2) is 36.7 Å². The van der Waals surface area contributed by atoms with Crippen LogP contribution in [-0.4, -0.2) is 35.5 Å². The zero-order chi connectivity index (χ0) is 17.5. The quantitative estimate of drug-likeness (QED) is 0.791. The molecular weight excluding hydrogens is 308 g/mol. The van der Waals surface area contributed by atoms with Gasteiger partial charge in [-0.3, -0.25) is 4.79 Å². The Morgan fingerprint density at radius 2 is 1.83 bits per heavy atom. The number of hydrogen-bond donors (Lipinski definition) is 2. The van der Waals surface area contributed by atoms with E-state index in [0.717, 1.165) is 5.69 Å². The van der Waals surface area contributed by atoms with Crippen LogP contribution in [0.2, 0.25) is 0 Å². The Balaban J connectivity index is 1.98. The highest BCUT2D eigenvalue weighted by molar-refractivity contribution is 5.92. The van der Waals surface area contributed by atoms with Crippen molar-refractivity contribution in [2.75, 3.05) is 19.0 Å². The van der Waals surface area contributed by atoms with E-state index in [1.165, 1.54) is 19.5 Å². The molecular formula is C17H20N4O3. The molecule has 0 spiro atoms. The third-order valence-corrected chi connectivity index (χ3v) is 3.13. The highest BCUT2D eigenvalue weighted by Gasteiger charge is 2.09. The first-order valence-electron chi connectivity index (χ1n) is 7.55. The number of anilines is 2. The summed E-state index contributed by atoms with van der Waals surface area (Å²) in [6.07, 6.45) is 2.90. The number of carbonyl (C=O) groups is 2. The van der Waals surface area contributed by atoms with Crippen LogP contribution in [0.3, 0.4) is 0 Å². The first-order valence-corrected chi connectivity index (χ1v) is 7.55. The molecule has 2 N–H and O–H groups in total. The van der Waals surface area contributed by atoms with Gasteiger partial charge in [0, 0.05) is 12.2 Å². The second-order valence-corrected chi connectivity index (χ2v) is 5.58. The molecule has 2 aromatic rings. The van der Waals surface area contributed by atoms with E-state index in [-0.39, 0.29) is 11.6 Å². The van der Waals surface area contributed by atoms with Crippen molar-refractivity contribution in [3.8, 4) is 0 Å². The Morgan fingerprint density at radius 1 is 1.12 bits per heavy atom. The molecule has 7 heteroatoms. The molecule has 0 radical (unpaired) electrons. The lowest BCUT2D eigenvalue weighted by Gasteiger charge is -2.08. The first-order chi connectivity index (χ1) is 11.5. The van der Waals surface area contributed by atoms with Gasteiger partial charge >= 0.3 is 5.97 Å². The fraction of sp³-hybridized carbons (Fsp3) is 0.294. The van der Waals surface area contributed by atoms with Crippen molar-refractivity contribution in [1.29, 1.82) is 0 Å². The van der Waals surface area contributed by atoms with Gasteiger partial charge in [0.25, 0.3) is 5.91 Å². The lowest BCUT2D eigenvalue weighted by atomic mass is 10.2. The van der Waals surface area contributed by atoms with Gasteiger partial charge in [0.05, 0.1) is 25.1 Å². The highest BCUT2D eigenvalue weighted by atomic mass is 16.5. The van der Waals surface area contributed by atoms with Crippen molar-refractivity contribution in [3.05, 3.63) is 47.9 Å². The van der Waals surface area contributed by atoms with Crippen LogP contribution >= 0.6 is 0 Å². The fourth-order valence-electron chi connectivity index (χ4n) is 1.85. The summed E-state index contributed by atoms with van der Waals surface area (Å²) in [5.74, 6) is 0.236. The van der Waals surface area contributed by atoms with Gasteiger partial charge in [0.1, 0.15) is 11.5 Å². The normalized spacial score (nSPS) is 10.3. The number of benzene rings is 1. The minimum absolute atomic E-state index is 0.245. The number of nitrogens with zero attached hydrogens (tertiary/aromatic N) is 2.